The summed E-state index contributed by atoms with van der Waals surface area (Å²) in [6.45, 7) is 24.1. The second kappa shape index (κ2) is 12.9. The van der Waals surface area contributed by atoms with Crippen molar-refractivity contribution in [2.45, 2.75) is 135 Å². The summed E-state index contributed by atoms with van der Waals surface area (Å²) in [5, 5.41) is 0. The van der Waals surface area contributed by atoms with Crippen molar-refractivity contribution in [3.63, 3.8) is 0 Å². The molecule has 0 N–H and O–H groups in total. The second-order valence-electron chi connectivity index (χ2n) is 15.9. The molecule has 0 aliphatic carbocycles. The Morgan fingerprint density at radius 2 is 0.762 bits per heavy atom. The van der Waals surface area contributed by atoms with Gasteiger partial charge in [-0.15, -0.1) is 0 Å². The summed E-state index contributed by atoms with van der Waals surface area (Å²) in [5.41, 5.74) is -4.86. The largest absolute Gasteiger partial charge is 0.462 e. The van der Waals surface area contributed by atoms with E-state index in [4.69, 9.17) is 28.4 Å². The van der Waals surface area contributed by atoms with Gasteiger partial charge in [-0.05, 0) is 104 Å². The van der Waals surface area contributed by atoms with Gasteiger partial charge in [0.05, 0.1) is 27.1 Å². The Morgan fingerprint density at radius 1 is 0.452 bits per heavy atom. The van der Waals surface area contributed by atoms with Crippen molar-refractivity contribution in [1.29, 1.82) is 0 Å². The van der Waals surface area contributed by atoms with Crippen LogP contribution in [0.15, 0.2) is 0 Å². The van der Waals surface area contributed by atoms with Crippen LogP contribution in [0, 0.1) is 27.1 Å². The fraction of sp³-hybridized carbons (Fsp3) is 0.839. The van der Waals surface area contributed by atoms with Crippen molar-refractivity contribution in [3.8, 4) is 0 Å². The van der Waals surface area contributed by atoms with Crippen molar-refractivity contribution in [2.75, 3.05) is 6.61 Å². The van der Waals surface area contributed by atoms with Crippen LogP contribution in [0.1, 0.15) is 104 Å². The highest BCUT2D eigenvalue weighted by molar-refractivity contribution is 5.78. The minimum absolute atomic E-state index is 0.439. The zero-order valence-electron chi connectivity index (χ0n) is 28.1. The number of rotatable bonds is 6. The van der Waals surface area contributed by atoms with E-state index in [0.29, 0.717) is 0 Å². The zero-order chi connectivity index (χ0) is 33.2. The Kier molecular flexibility index (Phi) is 11.5. The lowest BCUT2D eigenvalue weighted by molar-refractivity contribution is -0.306. The van der Waals surface area contributed by atoms with Crippen LogP contribution in [-0.4, -0.2) is 67.2 Å². The number of esters is 5. The highest BCUT2D eigenvalue weighted by Gasteiger charge is 2.56. The molecule has 0 radical (unpaired) electrons. The van der Waals surface area contributed by atoms with E-state index < -0.39 is 94.2 Å². The smallest absolute Gasteiger partial charge is 0.313 e. The maximum Gasteiger partial charge on any atom is 0.313 e. The van der Waals surface area contributed by atoms with Crippen LogP contribution in [-0.2, 0) is 52.4 Å². The average molecular weight is 601 g/mol. The summed E-state index contributed by atoms with van der Waals surface area (Å²) >= 11 is 0. The molecule has 1 fully saturated rings. The molecule has 11 heteroatoms. The third kappa shape index (κ3) is 10.5. The second-order valence-corrected chi connectivity index (χ2v) is 15.9. The fourth-order valence-corrected chi connectivity index (χ4v) is 3.07. The predicted molar refractivity (Wildman–Crippen MR) is 153 cm³/mol. The molecule has 1 heterocycles. The first-order valence-corrected chi connectivity index (χ1v) is 14.2. The number of carbonyl (C=O) groups is 5. The molecule has 242 valence electrons. The van der Waals surface area contributed by atoms with Gasteiger partial charge in [0.15, 0.2) is 12.2 Å². The van der Waals surface area contributed by atoms with E-state index in [9.17, 15) is 24.0 Å². The number of ether oxygens (including phenoxy) is 6. The zero-order valence-corrected chi connectivity index (χ0v) is 28.1. The quantitative estimate of drug-likeness (QED) is 0.308. The molecule has 42 heavy (non-hydrogen) atoms. The van der Waals surface area contributed by atoms with Crippen LogP contribution in [0.25, 0.3) is 0 Å². The Morgan fingerprint density at radius 3 is 1.12 bits per heavy atom. The van der Waals surface area contributed by atoms with Gasteiger partial charge in [0.25, 0.3) is 0 Å². The highest BCUT2D eigenvalue weighted by atomic mass is 16.7. The lowest BCUT2D eigenvalue weighted by Gasteiger charge is -2.45. The molecule has 1 aliphatic heterocycles. The molecule has 0 aromatic carbocycles. The van der Waals surface area contributed by atoms with E-state index in [-0.39, 0.29) is 0 Å². The standard InChI is InChI=1S/C31H52O11/c1-27(2,3)22(32)37-16-17-18(39-23(33)28(4,5)6)19(40-24(34)29(7,8)9)20(41-25(35)30(10,11)12)21(38-17)42-26(36)31(13,14)15/h17-21H,16H2,1-15H3/t17?,18-,19-,20?,21+/m1/s1. The maximum absolute atomic E-state index is 13.2. The van der Waals surface area contributed by atoms with Gasteiger partial charge in [0.2, 0.25) is 12.4 Å². The summed E-state index contributed by atoms with van der Waals surface area (Å²) in [4.78, 5) is 65.3. The molecule has 5 atom stereocenters. The van der Waals surface area contributed by atoms with Gasteiger partial charge in [-0.3, -0.25) is 24.0 Å². The molecular formula is C31H52O11. The summed E-state index contributed by atoms with van der Waals surface area (Å²) in [7, 11) is 0. The monoisotopic (exact) mass is 600 g/mol. The van der Waals surface area contributed by atoms with Crippen LogP contribution < -0.4 is 0 Å². The molecule has 0 bridgehead atoms. The van der Waals surface area contributed by atoms with E-state index in [1.807, 2.05) is 0 Å². The first-order valence-electron chi connectivity index (χ1n) is 14.2. The van der Waals surface area contributed by atoms with Gasteiger partial charge in [0, 0.05) is 0 Å². The molecule has 11 nitrogen and oxygen atoms in total. The molecular weight excluding hydrogens is 548 g/mol. The first-order chi connectivity index (χ1) is 18.6. The molecule has 0 aromatic heterocycles. The third-order valence-corrected chi connectivity index (χ3v) is 5.98. The molecule has 1 saturated heterocycles. The normalized spacial score (nSPS) is 23.8. The van der Waals surface area contributed by atoms with Crippen LogP contribution in [0.2, 0.25) is 0 Å². The third-order valence-electron chi connectivity index (χ3n) is 5.98. The Hall–Kier alpha value is -2.69. The summed E-state index contributed by atoms with van der Waals surface area (Å²) in [6.07, 6.45) is -7.27. The van der Waals surface area contributed by atoms with E-state index in [2.05, 4.69) is 0 Å². The molecule has 0 saturated carbocycles. The summed E-state index contributed by atoms with van der Waals surface area (Å²) < 4.78 is 34.9. The van der Waals surface area contributed by atoms with Gasteiger partial charge < -0.3 is 28.4 Å². The highest BCUT2D eigenvalue weighted by Crippen LogP contribution is 2.35. The first kappa shape index (κ1) is 37.3. The molecule has 2 unspecified atom stereocenters. The van der Waals surface area contributed by atoms with Crippen molar-refractivity contribution in [2.24, 2.45) is 27.1 Å². The van der Waals surface area contributed by atoms with Gasteiger partial charge >= 0.3 is 29.8 Å². The van der Waals surface area contributed by atoms with Gasteiger partial charge in [-0.1, -0.05) is 0 Å². The molecule has 0 amide bonds. The fourth-order valence-electron chi connectivity index (χ4n) is 3.07. The Labute approximate surface area is 250 Å². The van der Waals surface area contributed by atoms with Crippen molar-refractivity contribution < 1.29 is 52.4 Å². The van der Waals surface area contributed by atoms with Crippen LogP contribution >= 0.6 is 0 Å². The summed E-state index contributed by atoms with van der Waals surface area (Å²) in [5.74, 6) is -3.34. The van der Waals surface area contributed by atoms with E-state index in [1.165, 1.54) is 0 Å². The number of hydrogen-bond donors (Lipinski definition) is 0. The minimum Gasteiger partial charge on any atom is -0.462 e. The van der Waals surface area contributed by atoms with E-state index >= 15 is 0 Å². The Bertz CT molecular complexity index is 1010. The van der Waals surface area contributed by atoms with Crippen molar-refractivity contribution >= 4 is 29.8 Å². The predicted octanol–water partition coefficient (Wildman–Crippen LogP) is 4.76. The van der Waals surface area contributed by atoms with E-state index in [1.54, 1.807) is 104 Å². The molecule has 0 aromatic rings. The van der Waals surface area contributed by atoms with Crippen LogP contribution in [0.4, 0.5) is 0 Å². The topological polar surface area (TPSA) is 141 Å². The van der Waals surface area contributed by atoms with Gasteiger partial charge in [0.1, 0.15) is 12.7 Å². The van der Waals surface area contributed by atoms with Crippen molar-refractivity contribution in [1.82, 2.24) is 0 Å². The summed E-state index contributed by atoms with van der Waals surface area (Å²) in [6, 6.07) is 0. The Balaban J connectivity index is 3.82. The number of hydrogen-bond acceptors (Lipinski definition) is 11. The lowest BCUT2D eigenvalue weighted by atomic mass is 9.92. The number of carbonyl (C=O) groups excluding carboxylic acids is 5. The molecule has 1 rings (SSSR count). The maximum atomic E-state index is 13.2. The molecule has 1 aliphatic rings. The molecule has 0 spiro atoms. The van der Waals surface area contributed by atoms with Gasteiger partial charge in [-0.25, -0.2) is 0 Å². The van der Waals surface area contributed by atoms with E-state index in [0.717, 1.165) is 0 Å². The van der Waals surface area contributed by atoms with Crippen LogP contribution in [0.5, 0.6) is 0 Å². The SMILES string of the molecule is CC(C)(C)C(=O)OCC1O[C@@H](OC(=O)C(C)(C)C)C(OC(=O)C(C)(C)C)[C@H](OC(=O)C(C)(C)C)[C@@H]1OC(=O)C(C)(C)C. The minimum atomic E-state index is -1.59. The lowest BCUT2D eigenvalue weighted by Crippen LogP contribution is -2.64. The average Bonchev–Trinajstić information content (AvgIpc) is 2.77. The van der Waals surface area contributed by atoms with Crippen molar-refractivity contribution in [3.05, 3.63) is 0 Å². The van der Waals surface area contributed by atoms with Crippen LogP contribution in [0.3, 0.4) is 0 Å². The van der Waals surface area contributed by atoms with Gasteiger partial charge in [-0.2, -0.15) is 0 Å².